The van der Waals surface area contributed by atoms with Gasteiger partial charge in [-0.2, -0.15) is 0 Å². The molecule has 0 bridgehead atoms. The van der Waals surface area contributed by atoms with Crippen LogP contribution < -0.4 is 0 Å². The van der Waals surface area contributed by atoms with Crippen molar-refractivity contribution in [2.75, 3.05) is 13.9 Å². The Morgan fingerprint density at radius 3 is 2.51 bits per heavy atom. The van der Waals surface area contributed by atoms with Gasteiger partial charge in [-0.15, -0.1) is 0 Å². The first-order chi connectivity index (χ1) is 18.0. The predicted octanol–water partition coefficient (Wildman–Crippen LogP) is 4.79. The zero-order valence-corrected chi connectivity index (χ0v) is 24.6. The maximum atomic E-state index is 16.0. The average molecular weight is 587 g/mol. The molecule has 230 valence electrons. The number of aliphatic hydroxyl groups is 3. The number of ether oxygens (including phenoxy) is 2. The number of hydrogen-bond donors (Lipinski definition) is 5. The van der Waals surface area contributed by atoms with E-state index in [2.05, 4.69) is 11.4 Å². The van der Waals surface area contributed by atoms with E-state index in [0.29, 0.717) is 38.5 Å². The molecule has 39 heavy (non-hydrogen) atoms. The van der Waals surface area contributed by atoms with Crippen LogP contribution in [0.2, 0.25) is 0 Å². The summed E-state index contributed by atoms with van der Waals surface area (Å²) < 4.78 is 56.5. The Balaban J connectivity index is 1.66. The van der Waals surface area contributed by atoms with Crippen LogP contribution in [0.15, 0.2) is 0 Å². The average Bonchev–Trinajstić information content (AvgIpc) is 3.16. The molecule has 0 heterocycles. The molecule has 0 radical (unpaired) electrons. The van der Waals surface area contributed by atoms with Gasteiger partial charge in [0.2, 0.25) is 11.7 Å². The molecule has 0 aliphatic heterocycles. The van der Waals surface area contributed by atoms with Crippen molar-refractivity contribution < 1.29 is 52.4 Å². The number of methoxy groups -OCH3 is 1. The van der Waals surface area contributed by atoms with Crippen LogP contribution in [-0.2, 0) is 18.6 Å². The maximum absolute atomic E-state index is 16.0. The standard InChI is InChI=1S/C27H49F2O9P/c1-5-6-11-26(28,31)14-18-12-19-13-22(30)25(3)20(8-9-21(25)24(19)27(29,32)15-18)17(2)7-10-23(36-4)37-16-38-39(33,34)35/h17-24,30-32H,5-16H2,1-4H3,(H2,33,34,35). The molecule has 11 atom stereocenters. The molecule has 0 aromatic carbocycles. The number of phosphoric ester groups is 1. The molecule has 3 aliphatic rings. The van der Waals surface area contributed by atoms with E-state index in [1.807, 2.05) is 13.8 Å². The van der Waals surface area contributed by atoms with Gasteiger partial charge in [-0.25, -0.2) is 13.3 Å². The van der Waals surface area contributed by atoms with Crippen LogP contribution in [-0.4, -0.2) is 63.1 Å². The molecular formula is C27H49F2O9P. The normalized spacial score (nSPS) is 40.0. The number of hydrogen-bond acceptors (Lipinski definition) is 7. The molecule has 11 unspecified atom stereocenters. The lowest BCUT2D eigenvalue weighted by atomic mass is 9.50. The molecule has 12 heteroatoms. The fourth-order valence-electron chi connectivity index (χ4n) is 8.39. The van der Waals surface area contributed by atoms with E-state index in [9.17, 15) is 24.3 Å². The van der Waals surface area contributed by atoms with Gasteiger partial charge in [0.25, 0.3) is 0 Å². The Labute approximate surface area is 230 Å². The van der Waals surface area contributed by atoms with Crippen molar-refractivity contribution in [3.63, 3.8) is 0 Å². The Bertz CT molecular complexity index is 840. The monoisotopic (exact) mass is 586 g/mol. The van der Waals surface area contributed by atoms with Crippen LogP contribution in [0, 0.1) is 40.9 Å². The lowest BCUT2D eigenvalue weighted by molar-refractivity contribution is -0.251. The first-order valence-corrected chi connectivity index (χ1v) is 15.9. The third-order valence-electron chi connectivity index (χ3n) is 10.1. The van der Waals surface area contributed by atoms with E-state index in [0.717, 1.165) is 12.8 Å². The number of alkyl halides is 2. The van der Waals surface area contributed by atoms with Crippen molar-refractivity contribution in [1.82, 2.24) is 0 Å². The van der Waals surface area contributed by atoms with E-state index in [1.165, 1.54) is 7.11 Å². The highest BCUT2D eigenvalue weighted by Crippen LogP contribution is 2.66. The van der Waals surface area contributed by atoms with Crippen LogP contribution >= 0.6 is 7.82 Å². The summed E-state index contributed by atoms with van der Waals surface area (Å²) in [5, 5.41) is 32.7. The quantitative estimate of drug-likeness (QED) is 0.143. The molecule has 0 saturated heterocycles. The fourth-order valence-corrected chi connectivity index (χ4v) is 8.58. The first-order valence-electron chi connectivity index (χ1n) is 14.4. The van der Waals surface area contributed by atoms with Crippen molar-refractivity contribution >= 4 is 7.82 Å². The van der Waals surface area contributed by atoms with Crippen molar-refractivity contribution in [2.24, 2.45) is 40.9 Å². The minimum atomic E-state index is -4.65. The van der Waals surface area contributed by atoms with Gasteiger partial charge in [0.15, 0.2) is 13.1 Å². The third-order valence-corrected chi connectivity index (χ3v) is 10.5. The summed E-state index contributed by atoms with van der Waals surface area (Å²) in [6.07, 6.45) is 2.72. The van der Waals surface area contributed by atoms with Gasteiger partial charge in [0.1, 0.15) is 0 Å². The summed E-state index contributed by atoms with van der Waals surface area (Å²) in [6.45, 7) is 5.36. The molecule has 3 fully saturated rings. The van der Waals surface area contributed by atoms with Gasteiger partial charge in [0, 0.05) is 32.3 Å². The molecule has 0 spiro atoms. The van der Waals surface area contributed by atoms with Gasteiger partial charge in [-0.3, -0.25) is 4.52 Å². The van der Waals surface area contributed by atoms with E-state index >= 15 is 4.39 Å². The molecule has 3 rings (SSSR count). The van der Waals surface area contributed by atoms with Gasteiger partial charge < -0.3 is 34.6 Å². The second-order valence-corrected chi connectivity index (χ2v) is 13.9. The largest absolute Gasteiger partial charge is 0.471 e. The summed E-state index contributed by atoms with van der Waals surface area (Å²) in [4.78, 5) is 17.6. The van der Waals surface area contributed by atoms with Gasteiger partial charge in [0.05, 0.1) is 6.10 Å². The maximum Gasteiger partial charge on any atom is 0.471 e. The lowest BCUT2D eigenvalue weighted by Crippen LogP contribution is -2.59. The molecule has 3 aliphatic carbocycles. The first kappa shape index (κ1) is 33.3. The number of phosphoric acid groups is 1. The smallest absolute Gasteiger partial charge is 0.393 e. The number of halogens is 2. The number of unbranched alkanes of at least 4 members (excludes halogenated alkanes) is 1. The minimum absolute atomic E-state index is 0.00658. The van der Waals surface area contributed by atoms with Crippen LogP contribution in [0.4, 0.5) is 8.78 Å². The van der Waals surface area contributed by atoms with E-state index in [1.54, 1.807) is 0 Å². The molecular weight excluding hydrogens is 537 g/mol. The topological polar surface area (TPSA) is 146 Å². The lowest BCUT2D eigenvalue weighted by Gasteiger charge is -2.57. The summed E-state index contributed by atoms with van der Waals surface area (Å²) in [5.74, 6) is -6.39. The predicted molar refractivity (Wildman–Crippen MR) is 139 cm³/mol. The zero-order valence-electron chi connectivity index (χ0n) is 23.7. The van der Waals surface area contributed by atoms with Gasteiger partial charge in [-0.05, 0) is 80.0 Å². The summed E-state index contributed by atoms with van der Waals surface area (Å²) >= 11 is 0. The van der Waals surface area contributed by atoms with Crippen molar-refractivity contribution in [3.8, 4) is 0 Å². The Kier molecular flexibility index (Phi) is 11.1. The minimum Gasteiger partial charge on any atom is -0.393 e. The summed E-state index contributed by atoms with van der Waals surface area (Å²) in [6, 6.07) is 0. The van der Waals surface area contributed by atoms with Crippen LogP contribution in [0.1, 0.15) is 91.4 Å². The zero-order chi connectivity index (χ0) is 29.2. The van der Waals surface area contributed by atoms with Gasteiger partial charge in [-0.1, -0.05) is 27.2 Å². The highest BCUT2D eigenvalue weighted by molar-refractivity contribution is 7.46. The summed E-state index contributed by atoms with van der Waals surface area (Å²) in [5.41, 5.74) is -0.609. The van der Waals surface area contributed by atoms with E-state index < -0.39 is 56.0 Å². The molecule has 5 N–H and O–H groups in total. The van der Waals surface area contributed by atoms with Gasteiger partial charge >= 0.3 is 7.82 Å². The highest BCUT2D eigenvalue weighted by Gasteiger charge is 2.65. The van der Waals surface area contributed by atoms with Crippen molar-refractivity contribution in [3.05, 3.63) is 0 Å². The van der Waals surface area contributed by atoms with Crippen LogP contribution in [0.3, 0.4) is 0 Å². The number of aliphatic hydroxyl groups excluding tert-OH is 1. The van der Waals surface area contributed by atoms with Crippen molar-refractivity contribution in [1.29, 1.82) is 0 Å². The van der Waals surface area contributed by atoms with Crippen LogP contribution in [0.5, 0.6) is 0 Å². The second kappa shape index (κ2) is 13.0. The SMILES string of the molecule is CCCCC(O)(F)CC1CC2CC(O)C3(C)C(C(C)CCC(OC)OCOP(=O)(O)O)CCC3C2C(O)(F)C1. The molecule has 0 aromatic rings. The molecule has 9 nitrogen and oxygen atoms in total. The third kappa shape index (κ3) is 7.99. The number of rotatable bonds is 14. The summed E-state index contributed by atoms with van der Waals surface area (Å²) in [7, 11) is -3.23. The fraction of sp³-hybridized carbons (Fsp3) is 1.00. The molecule has 0 aromatic heterocycles. The Hall–Kier alpha value is -0.230. The Morgan fingerprint density at radius 1 is 1.21 bits per heavy atom. The molecule has 0 amide bonds. The molecule has 3 saturated carbocycles. The Morgan fingerprint density at radius 2 is 1.90 bits per heavy atom. The van der Waals surface area contributed by atoms with Crippen LogP contribution in [0.25, 0.3) is 0 Å². The van der Waals surface area contributed by atoms with E-state index in [4.69, 9.17) is 19.3 Å². The highest BCUT2D eigenvalue weighted by atomic mass is 31.2. The second-order valence-electron chi connectivity index (χ2n) is 12.7. The van der Waals surface area contributed by atoms with E-state index in [-0.39, 0.29) is 42.9 Å². The van der Waals surface area contributed by atoms with Crippen molar-refractivity contribution in [2.45, 2.75) is 116 Å². The number of fused-ring (bicyclic) bond motifs is 3.